The maximum absolute atomic E-state index is 13.1. The van der Waals surface area contributed by atoms with Crippen LogP contribution in [0.4, 0.5) is 14.6 Å². The van der Waals surface area contributed by atoms with E-state index in [4.69, 9.17) is 5.26 Å². The van der Waals surface area contributed by atoms with Crippen molar-refractivity contribution in [1.82, 2.24) is 29.0 Å². The van der Waals surface area contributed by atoms with Gasteiger partial charge in [0.25, 0.3) is 12.0 Å². The number of hydrogen-bond acceptors (Lipinski definition) is 7. The van der Waals surface area contributed by atoms with Gasteiger partial charge in [-0.25, -0.2) is 18.3 Å². The second-order valence-electron chi connectivity index (χ2n) is 9.71. The summed E-state index contributed by atoms with van der Waals surface area (Å²) < 4.78 is 29.6. The number of nitrogens with zero attached hydrogens (tertiary/aromatic N) is 8. The van der Waals surface area contributed by atoms with Gasteiger partial charge in [0.1, 0.15) is 17.2 Å². The van der Waals surface area contributed by atoms with E-state index in [1.165, 1.54) is 4.57 Å². The van der Waals surface area contributed by atoms with E-state index >= 15 is 0 Å². The molecule has 3 aromatic heterocycles. The molecule has 0 amide bonds. The second-order valence-corrected chi connectivity index (χ2v) is 9.71. The molecule has 1 unspecified atom stereocenters. The molecule has 3 atom stereocenters. The van der Waals surface area contributed by atoms with E-state index in [0.29, 0.717) is 41.3 Å². The van der Waals surface area contributed by atoms with Gasteiger partial charge in [-0.15, -0.1) is 0 Å². The highest BCUT2D eigenvalue weighted by Gasteiger charge is 2.34. The normalized spacial score (nSPS) is 19.6. The fourth-order valence-electron chi connectivity index (χ4n) is 5.19. The third-order valence-electron chi connectivity index (χ3n) is 7.26. The molecule has 1 aliphatic rings. The van der Waals surface area contributed by atoms with Crippen molar-refractivity contribution in [3.05, 3.63) is 63.8 Å². The van der Waals surface area contributed by atoms with Gasteiger partial charge >= 0.3 is 0 Å². The zero-order valence-electron chi connectivity index (χ0n) is 21.1. The molecule has 0 bridgehead atoms. The number of nitriles is 1. The van der Waals surface area contributed by atoms with Crippen molar-refractivity contribution in [3.8, 4) is 6.07 Å². The van der Waals surface area contributed by atoms with Gasteiger partial charge in [0.15, 0.2) is 0 Å². The number of hydrogen-bond donors (Lipinski definition) is 0. The molecule has 37 heavy (non-hydrogen) atoms. The first-order chi connectivity index (χ1) is 17.7. The Bertz CT molecular complexity index is 1570. The van der Waals surface area contributed by atoms with Gasteiger partial charge in [-0.2, -0.15) is 10.4 Å². The average Bonchev–Trinajstić information content (AvgIpc) is 3.30. The highest BCUT2D eigenvalue weighted by molar-refractivity contribution is 5.75. The van der Waals surface area contributed by atoms with Gasteiger partial charge in [0, 0.05) is 50.4 Å². The molecular formula is C26H28F2N8O. The number of piperazine rings is 1. The van der Waals surface area contributed by atoms with E-state index in [1.54, 1.807) is 23.7 Å². The standard InChI is InChI=1S/C26H28F2N8O/c1-15-14-35(24-11-25(37)33(4)23-10-19(7-8-29)32-36(23)24)16(2)13-34(15)17(3)18-5-6-20-21(9-18)31-22(12-30-20)26(27)28/h5-6,9-12,15-17,26H,7,13-14H2,1-4H3/t15-,16+,17?/m1/s1. The van der Waals surface area contributed by atoms with Crippen LogP contribution in [0.5, 0.6) is 0 Å². The van der Waals surface area contributed by atoms with Gasteiger partial charge in [0.05, 0.1) is 35.4 Å². The van der Waals surface area contributed by atoms with Crippen molar-refractivity contribution < 1.29 is 8.78 Å². The first-order valence-corrected chi connectivity index (χ1v) is 12.2. The zero-order chi connectivity index (χ0) is 26.4. The fraction of sp³-hybridized carbons (Fsp3) is 0.423. The Kier molecular flexibility index (Phi) is 6.37. The van der Waals surface area contributed by atoms with Crippen molar-refractivity contribution in [3.63, 3.8) is 0 Å². The third kappa shape index (κ3) is 4.42. The van der Waals surface area contributed by atoms with Gasteiger partial charge in [-0.1, -0.05) is 6.07 Å². The molecule has 1 saturated heterocycles. The second kappa shape index (κ2) is 9.52. The summed E-state index contributed by atoms with van der Waals surface area (Å²) in [5.41, 5.74) is 2.81. The van der Waals surface area contributed by atoms with E-state index in [1.807, 2.05) is 18.2 Å². The lowest BCUT2D eigenvalue weighted by atomic mass is 10.00. The van der Waals surface area contributed by atoms with E-state index in [9.17, 15) is 13.6 Å². The lowest BCUT2D eigenvalue weighted by Crippen LogP contribution is -2.57. The Morgan fingerprint density at radius 2 is 1.92 bits per heavy atom. The Morgan fingerprint density at radius 3 is 2.65 bits per heavy atom. The van der Waals surface area contributed by atoms with Crippen LogP contribution in [0.2, 0.25) is 0 Å². The lowest BCUT2D eigenvalue weighted by molar-refractivity contribution is 0.119. The number of aromatic nitrogens is 5. The molecule has 0 N–H and O–H groups in total. The maximum atomic E-state index is 13.1. The summed E-state index contributed by atoms with van der Waals surface area (Å²) in [5, 5.41) is 13.7. The molecule has 0 saturated carbocycles. The molecule has 4 heterocycles. The number of fused-ring (bicyclic) bond motifs is 2. The molecule has 9 nitrogen and oxygen atoms in total. The third-order valence-corrected chi connectivity index (χ3v) is 7.26. The summed E-state index contributed by atoms with van der Waals surface area (Å²) in [6.07, 6.45) is -1.38. The SMILES string of the molecule is CC(c1ccc2ncc(C(F)F)nc2c1)N1C[C@H](C)N(c2cc(=O)n(C)c3cc(CC#N)nn23)C[C@H]1C. The lowest BCUT2D eigenvalue weighted by Gasteiger charge is -2.47. The molecule has 5 rings (SSSR count). The number of benzene rings is 1. The van der Waals surface area contributed by atoms with Crippen molar-refractivity contribution in [2.45, 2.75) is 51.7 Å². The molecule has 11 heteroatoms. The molecule has 4 aromatic rings. The average molecular weight is 507 g/mol. The van der Waals surface area contributed by atoms with Crippen molar-refractivity contribution in [2.75, 3.05) is 18.0 Å². The maximum Gasteiger partial charge on any atom is 0.281 e. The van der Waals surface area contributed by atoms with Gasteiger partial charge < -0.3 is 4.90 Å². The molecule has 0 spiro atoms. The quantitative estimate of drug-likeness (QED) is 0.408. The Morgan fingerprint density at radius 1 is 1.14 bits per heavy atom. The number of alkyl halides is 2. The van der Waals surface area contributed by atoms with Crippen LogP contribution in [0.25, 0.3) is 16.7 Å². The van der Waals surface area contributed by atoms with E-state index in [-0.39, 0.29) is 35.8 Å². The van der Waals surface area contributed by atoms with Crippen molar-refractivity contribution in [2.24, 2.45) is 7.05 Å². The number of anilines is 1. The van der Waals surface area contributed by atoms with Gasteiger partial charge in [-0.3, -0.25) is 19.2 Å². The Hall–Kier alpha value is -3.91. The van der Waals surface area contributed by atoms with Crippen LogP contribution in [0.1, 0.15) is 50.2 Å². The monoisotopic (exact) mass is 506 g/mol. The smallest absolute Gasteiger partial charge is 0.281 e. The van der Waals surface area contributed by atoms with E-state index in [0.717, 1.165) is 11.8 Å². The summed E-state index contributed by atoms with van der Waals surface area (Å²) in [4.78, 5) is 25.5. The van der Waals surface area contributed by atoms with Crippen LogP contribution < -0.4 is 10.5 Å². The van der Waals surface area contributed by atoms with E-state index in [2.05, 4.69) is 51.7 Å². The molecule has 1 aliphatic heterocycles. The minimum Gasteiger partial charge on any atom is -0.351 e. The predicted molar refractivity (Wildman–Crippen MR) is 136 cm³/mol. The van der Waals surface area contributed by atoms with Gasteiger partial charge in [0.2, 0.25) is 0 Å². The summed E-state index contributed by atoms with van der Waals surface area (Å²) in [6.45, 7) is 7.71. The first-order valence-electron chi connectivity index (χ1n) is 12.2. The zero-order valence-corrected chi connectivity index (χ0v) is 21.1. The van der Waals surface area contributed by atoms with Crippen LogP contribution in [-0.4, -0.2) is 54.2 Å². The van der Waals surface area contributed by atoms with Gasteiger partial charge in [-0.05, 0) is 38.5 Å². The fourth-order valence-corrected chi connectivity index (χ4v) is 5.19. The summed E-state index contributed by atoms with van der Waals surface area (Å²) in [5.74, 6) is 0.703. The molecule has 192 valence electrons. The van der Waals surface area contributed by atoms with Crippen molar-refractivity contribution in [1.29, 1.82) is 5.26 Å². The molecule has 1 aromatic carbocycles. The van der Waals surface area contributed by atoms with Crippen LogP contribution in [0, 0.1) is 11.3 Å². The highest BCUT2D eigenvalue weighted by atomic mass is 19.3. The largest absolute Gasteiger partial charge is 0.351 e. The van der Waals surface area contributed by atoms with Crippen molar-refractivity contribution >= 4 is 22.5 Å². The number of halogens is 2. The first kappa shape index (κ1) is 24.8. The van der Waals surface area contributed by atoms with Crippen LogP contribution in [0.3, 0.4) is 0 Å². The summed E-state index contributed by atoms with van der Waals surface area (Å²) in [7, 11) is 1.70. The minimum absolute atomic E-state index is 0.0107. The molecular weight excluding hydrogens is 478 g/mol. The molecule has 0 aliphatic carbocycles. The van der Waals surface area contributed by atoms with E-state index < -0.39 is 6.43 Å². The minimum atomic E-state index is -2.67. The summed E-state index contributed by atoms with van der Waals surface area (Å²) >= 11 is 0. The highest BCUT2D eigenvalue weighted by Crippen LogP contribution is 2.31. The summed E-state index contributed by atoms with van der Waals surface area (Å²) in [6, 6.07) is 11.3. The predicted octanol–water partition coefficient (Wildman–Crippen LogP) is 3.64. The molecule has 0 radical (unpaired) electrons. The van der Waals surface area contributed by atoms with Crippen LogP contribution >= 0.6 is 0 Å². The Balaban J connectivity index is 1.44. The van der Waals surface area contributed by atoms with Crippen LogP contribution in [-0.2, 0) is 13.5 Å². The topological polar surface area (TPSA) is 95.4 Å². The molecule has 1 fully saturated rings. The van der Waals surface area contributed by atoms with Crippen LogP contribution in [0.15, 0.2) is 41.3 Å². The number of rotatable bonds is 5. The number of aryl methyl sites for hydroxylation is 1. The Labute approximate surface area is 212 Å².